The Hall–Kier alpha value is -0.760. The van der Waals surface area contributed by atoms with E-state index in [1.54, 1.807) is 0 Å². The lowest BCUT2D eigenvalue weighted by molar-refractivity contribution is -0.870. The van der Waals surface area contributed by atoms with Crippen LogP contribution < -0.4 is 10.2 Å². The summed E-state index contributed by atoms with van der Waals surface area (Å²) in [6, 6.07) is -0.798. The molecule has 0 aromatic carbocycles. The number of hydrogen-bond acceptors (Lipinski definition) is 6. The van der Waals surface area contributed by atoms with Gasteiger partial charge >= 0.3 is 0 Å². The van der Waals surface area contributed by atoms with Crippen molar-refractivity contribution in [2.24, 2.45) is 0 Å². The zero-order chi connectivity index (χ0) is 52.7. The van der Waals surface area contributed by atoms with Crippen molar-refractivity contribution in [3.8, 4) is 0 Å². The Morgan fingerprint density at radius 1 is 0.472 bits per heavy atom. The quantitative estimate of drug-likeness (QED) is 0.0272. The number of amides is 1. The molecule has 430 valence electrons. The van der Waals surface area contributed by atoms with Gasteiger partial charge in [-0.15, -0.1) is 0 Å². The van der Waals surface area contributed by atoms with Crippen molar-refractivity contribution < 1.29 is 32.9 Å². The minimum Gasteiger partial charge on any atom is -0.756 e. The molecular formula is C63H127N2O6P. The van der Waals surface area contributed by atoms with E-state index in [4.69, 9.17) is 9.05 Å². The Kier molecular flexibility index (Phi) is 54.4. The number of carbonyl (C=O) groups excluding carboxylic acids is 1. The molecule has 0 saturated carbocycles. The van der Waals surface area contributed by atoms with Crippen LogP contribution in [0, 0.1) is 0 Å². The molecule has 3 atom stereocenters. The van der Waals surface area contributed by atoms with E-state index in [1.807, 2.05) is 21.1 Å². The highest BCUT2D eigenvalue weighted by Crippen LogP contribution is 2.38. The molecule has 0 aliphatic rings. The number of aliphatic hydroxyl groups excluding tert-OH is 1. The van der Waals surface area contributed by atoms with Gasteiger partial charge in [0.25, 0.3) is 7.82 Å². The molecule has 8 nitrogen and oxygen atoms in total. The van der Waals surface area contributed by atoms with Gasteiger partial charge in [0.2, 0.25) is 5.91 Å². The molecule has 9 heteroatoms. The standard InChI is InChI=1S/C63H127N2O6P/c1-6-8-10-12-14-16-18-20-22-24-26-28-29-30-31-32-33-34-35-37-39-41-43-45-47-49-51-53-55-57-63(67)64-61(60-71-72(68,69)70-59-58-65(3,4)5)62(66)56-54-52-50-48-46-44-42-40-38-36-27-25-23-21-19-17-15-13-11-9-7-2/h30-31,61-62,66H,6-29,32-60H2,1-5H3,(H-,64,67,68,69)/b31-30-. The second kappa shape index (κ2) is 55.0. The topological polar surface area (TPSA) is 108 Å². The van der Waals surface area contributed by atoms with Crippen LogP contribution in [0.4, 0.5) is 0 Å². The molecular weight excluding hydrogens is 912 g/mol. The largest absolute Gasteiger partial charge is 0.756 e. The van der Waals surface area contributed by atoms with E-state index < -0.39 is 20.0 Å². The number of rotatable bonds is 60. The van der Waals surface area contributed by atoms with Crippen molar-refractivity contribution in [1.29, 1.82) is 0 Å². The van der Waals surface area contributed by atoms with Crippen molar-refractivity contribution >= 4 is 13.7 Å². The van der Waals surface area contributed by atoms with E-state index in [-0.39, 0.29) is 19.1 Å². The summed E-state index contributed by atoms with van der Waals surface area (Å²) in [5.74, 6) is -0.158. The third kappa shape index (κ3) is 57.0. The number of nitrogens with one attached hydrogen (secondary N) is 1. The second-order valence-electron chi connectivity index (χ2n) is 23.5. The predicted molar refractivity (Wildman–Crippen MR) is 312 cm³/mol. The molecule has 0 spiro atoms. The Balaban J connectivity index is 4.05. The first-order chi connectivity index (χ1) is 35.0. The number of phosphoric acid groups is 1. The minimum atomic E-state index is -4.57. The second-order valence-corrected chi connectivity index (χ2v) is 24.9. The maximum atomic E-state index is 13.0. The maximum absolute atomic E-state index is 13.0. The Labute approximate surface area is 450 Å². The van der Waals surface area contributed by atoms with Crippen molar-refractivity contribution in [2.75, 3.05) is 40.9 Å². The van der Waals surface area contributed by atoms with Gasteiger partial charge in [-0.1, -0.05) is 302 Å². The van der Waals surface area contributed by atoms with Crippen LogP contribution in [0.15, 0.2) is 12.2 Å². The van der Waals surface area contributed by atoms with Crippen LogP contribution >= 0.6 is 7.82 Å². The van der Waals surface area contributed by atoms with Crippen LogP contribution in [-0.4, -0.2) is 68.5 Å². The fourth-order valence-corrected chi connectivity index (χ4v) is 10.7. The predicted octanol–water partition coefficient (Wildman–Crippen LogP) is 19.1. The van der Waals surface area contributed by atoms with Crippen LogP contribution in [0.25, 0.3) is 0 Å². The SMILES string of the molecule is CCCCCCCCCCCCCC/C=C\CCCCCCCCCCCCCCCC(=O)NC(COP(=O)([O-])OCC[N+](C)(C)C)C(O)CCCCCCCCCCCCCCCCCCCCCCC. The van der Waals surface area contributed by atoms with Gasteiger partial charge in [-0.3, -0.25) is 9.36 Å². The van der Waals surface area contributed by atoms with E-state index in [0.717, 1.165) is 38.5 Å². The van der Waals surface area contributed by atoms with Gasteiger partial charge in [0.1, 0.15) is 13.2 Å². The molecule has 0 rings (SSSR count). The molecule has 0 bridgehead atoms. The Morgan fingerprint density at radius 3 is 1.08 bits per heavy atom. The van der Waals surface area contributed by atoms with Gasteiger partial charge in [-0.2, -0.15) is 0 Å². The van der Waals surface area contributed by atoms with E-state index in [2.05, 4.69) is 31.3 Å². The van der Waals surface area contributed by atoms with Gasteiger partial charge in [0, 0.05) is 6.42 Å². The summed E-state index contributed by atoms with van der Waals surface area (Å²) in [7, 11) is 1.32. The van der Waals surface area contributed by atoms with Gasteiger partial charge in [-0.25, -0.2) is 0 Å². The first-order valence-electron chi connectivity index (χ1n) is 32.0. The van der Waals surface area contributed by atoms with Gasteiger partial charge in [-0.05, 0) is 38.5 Å². The van der Waals surface area contributed by atoms with Crippen LogP contribution in [0.1, 0.15) is 335 Å². The number of likely N-dealkylation sites (N-methyl/N-ethyl adjacent to an activating group) is 1. The highest BCUT2D eigenvalue weighted by atomic mass is 31.2. The molecule has 0 aliphatic heterocycles. The lowest BCUT2D eigenvalue weighted by atomic mass is 10.0. The fraction of sp³-hybridized carbons (Fsp3) is 0.952. The van der Waals surface area contributed by atoms with E-state index in [1.165, 1.54) is 270 Å². The lowest BCUT2D eigenvalue weighted by Gasteiger charge is -2.30. The number of hydrogen-bond donors (Lipinski definition) is 2. The van der Waals surface area contributed by atoms with Crippen molar-refractivity contribution in [3.05, 3.63) is 12.2 Å². The highest BCUT2D eigenvalue weighted by molar-refractivity contribution is 7.45. The molecule has 0 aromatic rings. The van der Waals surface area contributed by atoms with Gasteiger partial charge in [0.05, 0.1) is 39.9 Å². The average Bonchev–Trinajstić information content (AvgIpc) is 3.34. The van der Waals surface area contributed by atoms with Crippen LogP contribution in [0.5, 0.6) is 0 Å². The van der Waals surface area contributed by atoms with Gasteiger partial charge in [0.15, 0.2) is 0 Å². The first kappa shape index (κ1) is 71.2. The van der Waals surface area contributed by atoms with Crippen molar-refractivity contribution in [2.45, 2.75) is 347 Å². The summed E-state index contributed by atoms with van der Waals surface area (Å²) in [5.41, 5.74) is 0. The molecule has 0 saturated heterocycles. The van der Waals surface area contributed by atoms with Crippen molar-refractivity contribution in [1.82, 2.24) is 5.32 Å². The Bertz CT molecular complexity index is 1180. The number of quaternary nitrogens is 1. The molecule has 72 heavy (non-hydrogen) atoms. The number of unbranched alkanes of at least 4 members (excludes halogenated alkanes) is 45. The third-order valence-corrected chi connectivity index (χ3v) is 16.0. The zero-order valence-corrected chi connectivity index (χ0v) is 50.1. The molecule has 2 N–H and O–H groups in total. The Morgan fingerprint density at radius 2 is 0.764 bits per heavy atom. The molecule has 0 aliphatic carbocycles. The highest BCUT2D eigenvalue weighted by Gasteiger charge is 2.24. The third-order valence-electron chi connectivity index (χ3n) is 15.0. The van der Waals surface area contributed by atoms with Crippen LogP contribution in [0.2, 0.25) is 0 Å². The minimum absolute atomic E-state index is 0.0152. The number of phosphoric ester groups is 1. The monoisotopic (exact) mass is 1040 g/mol. The number of nitrogens with zero attached hydrogens (tertiary/aromatic N) is 1. The summed E-state index contributed by atoms with van der Waals surface area (Å²) in [4.78, 5) is 25.6. The normalized spacial score (nSPS) is 13.8. The summed E-state index contributed by atoms with van der Waals surface area (Å²) in [5, 5.41) is 14.1. The van der Waals surface area contributed by atoms with Crippen LogP contribution in [-0.2, 0) is 18.4 Å². The lowest BCUT2D eigenvalue weighted by Crippen LogP contribution is -2.46. The smallest absolute Gasteiger partial charge is 0.268 e. The molecule has 1 amide bonds. The number of aliphatic hydroxyl groups is 1. The fourth-order valence-electron chi connectivity index (χ4n) is 9.98. The molecule has 0 aromatic heterocycles. The molecule has 3 unspecified atom stereocenters. The first-order valence-corrected chi connectivity index (χ1v) is 33.5. The zero-order valence-electron chi connectivity index (χ0n) is 49.2. The van der Waals surface area contributed by atoms with Crippen LogP contribution in [0.3, 0.4) is 0 Å². The molecule has 0 heterocycles. The average molecular weight is 1040 g/mol. The summed E-state index contributed by atoms with van der Waals surface area (Å²) in [6.45, 7) is 4.78. The summed E-state index contributed by atoms with van der Waals surface area (Å²) in [6.07, 6.45) is 68.3. The van der Waals surface area contributed by atoms with E-state index >= 15 is 0 Å². The molecule has 0 fully saturated rings. The number of allylic oxidation sites excluding steroid dienone is 2. The number of carbonyl (C=O) groups is 1. The van der Waals surface area contributed by atoms with Crippen molar-refractivity contribution in [3.63, 3.8) is 0 Å². The summed E-state index contributed by atoms with van der Waals surface area (Å²) >= 11 is 0. The van der Waals surface area contributed by atoms with E-state index in [9.17, 15) is 19.4 Å². The summed E-state index contributed by atoms with van der Waals surface area (Å²) < 4.78 is 23.5. The molecule has 0 radical (unpaired) electrons. The maximum Gasteiger partial charge on any atom is 0.268 e. The van der Waals surface area contributed by atoms with E-state index in [0.29, 0.717) is 23.9 Å². The van der Waals surface area contributed by atoms with Gasteiger partial charge < -0.3 is 28.8 Å².